The molecule has 4 rings (SSSR count). The smallest absolute Gasteiger partial charge is 0.342 e. The third-order valence-electron chi connectivity index (χ3n) is 6.07. The van der Waals surface area contributed by atoms with E-state index in [-0.39, 0.29) is 30.0 Å². The van der Waals surface area contributed by atoms with Crippen molar-refractivity contribution < 1.29 is 23.9 Å². The van der Waals surface area contributed by atoms with Gasteiger partial charge in [0.15, 0.2) is 6.61 Å². The van der Waals surface area contributed by atoms with Gasteiger partial charge in [0.2, 0.25) is 0 Å². The average Bonchev–Trinajstić information content (AvgIpc) is 3.34. The highest BCUT2D eigenvalue weighted by Gasteiger charge is 2.29. The molecule has 0 unspecified atom stereocenters. The Bertz CT molecular complexity index is 1180. The van der Waals surface area contributed by atoms with E-state index in [1.807, 2.05) is 61.5 Å². The molecule has 0 saturated carbocycles. The van der Waals surface area contributed by atoms with Gasteiger partial charge < -0.3 is 14.4 Å². The minimum Gasteiger partial charge on any atom is -0.466 e. The first-order valence-corrected chi connectivity index (χ1v) is 11.8. The van der Waals surface area contributed by atoms with E-state index in [9.17, 15) is 14.4 Å². The first kappa shape index (κ1) is 24.2. The summed E-state index contributed by atoms with van der Waals surface area (Å²) in [5, 5.41) is 4.63. The molecule has 0 bridgehead atoms. The van der Waals surface area contributed by atoms with Crippen LogP contribution in [0.2, 0.25) is 0 Å². The van der Waals surface area contributed by atoms with E-state index in [1.165, 1.54) is 0 Å². The van der Waals surface area contributed by atoms with Crippen LogP contribution in [0, 0.1) is 12.8 Å². The summed E-state index contributed by atoms with van der Waals surface area (Å²) in [5.74, 6) is -1.31. The van der Waals surface area contributed by atoms with Crippen molar-refractivity contribution in [3.63, 3.8) is 0 Å². The molecule has 1 aromatic heterocycles. The van der Waals surface area contributed by atoms with Gasteiger partial charge in [-0.2, -0.15) is 5.10 Å². The van der Waals surface area contributed by atoms with Gasteiger partial charge in [-0.15, -0.1) is 0 Å². The van der Waals surface area contributed by atoms with Gasteiger partial charge in [0.1, 0.15) is 11.3 Å². The van der Waals surface area contributed by atoms with E-state index < -0.39 is 5.97 Å². The molecule has 8 nitrogen and oxygen atoms in total. The van der Waals surface area contributed by atoms with Crippen molar-refractivity contribution in [1.82, 2.24) is 14.7 Å². The lowest BCUT2D eigenvalue weighted by atomic mass is 9.97. The van der Waals surface area contributed by atoms with Crippen molar-refractivity contribution in [2.75, 3.05) is 26.3 Å². The summed E-state index contributed by atoms with van der Waals surface area (Å²) in [7, 11) is 0. The summed E-state index contributed by atoms with van der Waals surface area (Å²) in [4.78, 5) is 39.2. The van der Waals surface area contributed by atoms with Crippen molar-refractivity contribution in [3.8, 4) is 16.9 Å². The average molecular weight is 476 g/mol. The predicted octanol–water partition coefficient (Wildman–Crippen LogP) is 3.81. The molecule has 8 heteroatoms. The van der Waals surface area contributed by atoms with Crippen molar-refractivity contribution >= 4 is 17.8 Å². The van der Waals surface area contributed by atoms with Crippen LogP contribution in [0.25, 0.3) is 16.9 Å². The third-order valence-corrected chi connectivity index (χ3v) is 6.07. The highest BCUT2D eigenvalue weighted by Crippen LogP contribution is 2.25. The van der Waals surface area contributed by atoms with Crippen LogP contribution in [0.5, 0.6) is 0 Å². The predicted molar refractivity (Wildman–Crippen MR) is 130 cm³/mol. The number of aromatic nitrogens is 2. The minimum atomic E-state index is -0.614. The number of esters is 2. The normalized spacial score (nSPS) is 13.9. The number of piperidine rings is 1. The Morgan fingerprint density at radius 3 is 2.31 bits per heavy atom. The molecule has 2 heterocycles. The molecule has 1 aliphatic rings. The zero-order chi connectivity index (χ0) is 24.8. The Labute approximate surface area is 204 Å². The zero-order valence-corrected chi connectivity index (χ0v) is 20.0. The highest BCUT2D eigenvalue weighted by atomic mass is 16.5. The number of likely N-dealkylation sites (tertiary alicyclic amines) is 1. The summed E-state index contributed by atoms with van der Waals surface area (Å²) in [6.45, 7) is 4.62. The van der Waals surface area contributed by atoms with Crippen LogP contribution in [-0.4, -0.2) is 58.8 Å². The molecule has 1 fully saturated rings. The summed E-state index contributed by atoms with van der Waals surface area (Å²) in [6, 6.07) is 17.2. The SMILES string of the molecule is CCOC(=O)C1CCN(C(=O)COC(=O)c2cn(-c3ccc(C)cc3)nc2-c2ccccc2)CC1. The molecule has 1 amide bonds. The Balaban J connectivity index is 1.44. The summed E-state index contributed by atoms with van der Waals surface area (Å²) < 4.78 is 12.1. The summed E-state index contributed by atoms with van der Waals surface area (Å²) >= 11 is 0. The maximum Gasteiger partial charge on any atom is 0.342 e. The summed E-state index contributed by atoms with van der Waals surface area (Å²) in [5.41, 5.74) is 3.48. The van der Waals surface area contributed by atoms with Crippen LogP contribution in [0.1, 0.15) is 35.7 Å². The van der Waals surface area contributed by atoms with Gasteiger partial charge in [-0.1, -0.05) is 48.0 Å². The van der Waals surface area contributed by atoms with Gasteiger partial charge in [-0.25, -0.2) is 9.48 Å². The van der Waals surface area contributed by atoms with Gasteiger partial charge in [0, 0.05) is 24.8 Å². The van der Waals surface area contributed by atoms with E-state index in [0.29, 0.717) is 38.2 Å². The van der Waals surface area contributed by atoms with E-state index in [0.717, 1.165) is 16.8 Å². The second kappa shape index (κ2) is 11.0. The number of nitrogens with zero attached hydrogens (tertiary/aromatic N) is 3. The molecule has 3 aromatic rings. The fourth-order valence-electron chi connectivity index (χ4n) is 4.08. The monoisotopic (exact) mass is 475 g/mol. The molecular weight excluding hydrogens is 446 g/mol. The first-order chi connectivity index (χ1) is 17.0. The minimum absolute atomic E-state index is 0.192. The molecule has 0 atom stereocenters. The molecule has 1 aliphatic heterocycles. The van der Waals surface area contributed by atoms with Gasteiger partial charge >= 0.3 is 11.9 Å². The van der Waals surface area contributed by atoms with E-state index in [4.69, 9.17) is 9.47 Å². The first-order valence-electron chi connectivity index (χ1n) is 11.8. The number of rotatable bonds is 7. The molecule has 0 spiro atoms. The standard InChI is InChI=1S/C27H29N3O5/c1-3-34-26(32)21-13-15-29(16-14-21)24(31)18-35-27(33)23-17-30(22-11-9-19(2)10-12-22)28-25(23)20-7-5-4-6-8-20/h4-12,17,21H,3,13-16,18H2,1-2H3. The Morgan fingerprint density at radius 1 is 0.971 bits per heavy atom. The topological polar surface area (TPSA) is 90.7 Å². The van der Waals surface area contributed by atoms with Crippen LogP contribution in [-0.2, 0) is 19.1 Å². The second-order valence-electron chi connectivity index (χ2n) is 8.52. The number of amides is 1. The number of ether oxygens (including phenoxy) is 2. The van der Waals surface area contributed by atoms with Crippen LogP contribution in [0.15, 0.2) is 60.8 Å². The Kier molecular flexibility index (Phi) is 7.60. The molecule has 1 saturated heterocycles. The molecule has 0 N–H and O–H groups in total. The van der Waals surface area contributed by atoms with Crippen LogP contribution in [0.3, 0.4) is 0 Å². The largest absolute Gasteiger partial charge is 0.466 e. The lowest BCUT2D eigenvalue weighted by Gasteiger charge is -2.30. The maximum atomic E-state index is 13.0. The van der Waals surface area contributed by atoms with Crippen molar-refractivity contribution in [2.24, 2.45) is 5.92 Å². The lowest BCUT2D eigenvalue weighted by molar-refractivity contribution is -0.151. The molecule has 182 valence electrons. The zero-order valence-electron chi connectivity index (χ0n) is 20.0. The maximum absolute atomic E-state index is 13.0. The molecule has 0 radical (unpaired) electrons. The van der Waals surface area contributed by atoms with Gasteiger partial charge in [-0.05, 0) is 38.8 Å². The van der Waals surface area contributed by atoms with Gasteiger partial charge in [-0.3, -0.25) is 9.59 Å². The van der Waals surface area contributed by atoms with Crippen molar-refractivity contribution in [2.45, 2.75) is 26.7 Å². The lowest BCUT2D eigenvalue weighted by Crippen LogP contribution is -2.42. The number of benzene rings is 2. The fourth-order valence-corrected chi connectivity index (χ4v) is 4.08. The second-order valence-corrected chi connectivity index (χ2v) is 8.52. The molecule has 0 aliphatic carbocycles. The van der Waals surface area contributed by atoms with E-state index >= 15 is 0 Å². The summed E-state index contributed by atoms with van der Waals surface area (Å²) in [6.07, 6.45) is 2.71. The van der Waals surface area contributed by atoms with Crippen molar-refractivity contribution in [3.05, 3.63) is 71.9 Å². The fraction of sp³-hybridized carbons (Fsp3) is 0.333. The number of aryl methyl sites for hydroxylation is 1. The molecular formula is C27H29N3O5. The van der Waals surface area contributed by atoms with Gasteiger partial charge in [0.05, 0.1) is 18.2 Å². The van der Waals surface area contributed by atoms with Crippen molar-refractivity contribution in [1.29, 1.82) is 0 Å². The Morgan fingerprint density at radius 2 is 1.66 bits per heavy atom. The van der Waals surface area contributed by atoms with E-state index in [2.05, 4.69) is 5.10 Å². The van der Waals surface area contributed by atoms with Crippen LogP contribution in [0.4, 0.5) is 0 Å². The number of hydrogen-bond acceptors (Lipinski definition) is 6. The molecule has 2 aromatic carbocycles. The third kappa shape index (κ3) is 5.77. The van der Waals surface area contributed by atoms with E-state index in [1.54, 1.807) is 22.7 Å². The van der Waals surface area contributed by atoms with Crippen LogP contribution < -0.4 is 0 Å². The highest BCUT2D eigenvalue weighted by molar-refractivity contribution is 5.97. The molecule has 35 heavy (non-hydrogen) atoms. The van der Waals surface area contributed by atoms with Gasteiger partial charge in [0.25, 0.3) is 5.91 Å². The number of carbonyl (C=O) groups is 3. The van der Waals surface area contributed by atoms with Crippen LogP contribution >= 0.6 is 0 Å². The quantitative estimate of drug-likeness (QED) is 0.483. The Hall–Kier alpha value is -3.94. The number of hydrogen-bond donors (Lipinski definition) is 0. The number of carbonyl (C=O) groups excluding carboxylic acids is 3.